The lowest BCUT2D eigenvalue weighted by molar-refractivity contribution is 0.632. The summed E-state index contributed by atoms with van der Waals surface area (Å²) in [6.07, 6.45) is 3.50. The zero-order valence-corrected chi connectivity index (χ0v) is 25.2. The van der Waals surface area contributed by atoms with Crippen LogP contribution >= 0.6 is 0 Å². The summed E-state index contributed by atoms with van der Waals surface area (Å²) in [6, 6.07) is 30.0. The maximum Gasteiger partial charge on any atom is 0.0491 e. The fraction of sp³-hybridized carbons (Fsp3) is 0.368. The Morgan fingerprint density at radius 3 is 2.03 bits per heavy atom. The summed E-state index contributed by atoms with van der Waals surface area (Å²) in [6.45, 7) is 16.4. The molecule has 0 radical (unpaired) electrons. The van der Waals surface area contributed by atoms with Gasteiger partial charge in [0.05, 0.1) is 0 Å². The topological polar surface area (TPSA) is 4.93 Å². The van der Waals surface area contributed by atoms with Crippen LogP contribution in [0.2, 0.25) is 0 Å². The zero-order chi connectivity index (χ0) is 27.9. The van der Waals surface area contributed by atoms with Crippen molar-refractivity contribution in [1.29, 1.82) is 0 Å². The van der Waals surface area contributed by atoms with E-state index in [1.807, 2.05) is 0 Å². The molecule has 0 spiro atoms. The van der Waals surface area contributed by atoms with Gasteiger partial charge in [-0.2, -0.15) is 0 Å². The number of aryl methyl sites for hydroxylation is 3. The molecular formula is C38H45N. The van der Waals surface area contributed by atoms with Crippen LogP contribution in [0.25, 0.3) is 21.8 Å². The molecule has 5 rings (SSSR count). The molecule has 1 heterocycles. The monoisotopic (exact) mass is 515 g/mol. The highest BCUT2D eigenvalue weighted by Crippen LogP contribution is 2.43. The fourth-order valence-corrected chi connectivity index (χ4v) is 7.16. The summed E-state index contributed by atoms with van der Waals surface area (Å²) in [5.41, 5.74) is 12.6. The predicted octanol–water partition coefficient (Wildman–Crippen LogP) is 10.7. The first-order valence-electron chi connectivity index (χ1n) is 14.9. The highest BCUT2D eigenvalue weighted by atomic mass is 14.9. The molecule has 2 atom stereocenters. The molecule has 0 amide bonds. The number of benzene rings is 4. The molecule has 1 nitrogen and oxygen atoms in total. The summed E-state index contributed by atoms with van der Waals surface area (Å²) in [5, 5.41) is 2.75. The lowest BCUT2D eigenvalue weighted by Gasteiger charge is -2.30. The average Bonchev–Trinajstić information content (AvgIpc) is 3.19. The number of nitrogens with zero attached hydrogens (tertiary/aromatic N) is 1. The molecule has 0 fully saturated rings. The second kappa shape index (κ2) is 10.7. The molecule has 0 aliphatic carbocycles. The first-order chi connectivity index (χ1) is 18.7. The van der Waals surface area contributed by atoms with Crippen LogP contribution in [0.1, 0.15) is 105 Å². The zero-order valence-electron chi connectivity index (χ0n) is 25.2. The number of hydrogen-bond donors (Lipinski definition) is 0. The summed E-state index contributed by atoms with van der Waals surface area (Å²) >= 11 is 0. The standard InChI is InChI=1S/C38H45N/c1-9-16-25(3)30-24-37-32(22-31(30)29(10-2)28-18-12-11-13-19-28)33-23-35(27(5)21-36(33)39(37)8)38(6,7)34-20-15-14-17-26(34)4/h11-15,17-25,29H,9-10,16H2,1-8H3. The normalized spacial score (nSPS) is 13.7. The minimum Gasteiger partial charge on any atom is -0.344 e. The molecule has 1 heteroatoms. The number of hydrogen-bond acceptors (Lipinski definition) is 0. The van der Waals surface area contributed by atoms with E-state index in [1.165, 1.54) is 73.6 Å². The van der Waals surface area contributed by atoms with Gasteiger partial charge in [0, 0.05) is 40.2 Å². The molecule has 0 N–H and O–H groups in total. The minimum atomic E-state index is -0.0832. The lowest BCUT2D eigenvalue weighted by Crippen LogP contribution is -2.21. The van der Waals surface area contributed by atoms with Gasteiger partial charge in [0.25, 0.3) is 0 Å². The Hall–Kier alpha value is -3.32. The molecule has 0 saturated carbocycles. The number of aromatic nitrogens is 1. The maximum atomic E-state index is 2.56. The largest absolute Gasteiger partial charge is 0.344 e. The van der Waals surface area contributed by atoms with E-state index in [1.54, 1.807) is 0 Å². The number of rotatable bonds is 8. The highest BCUT2D eigenvalue weighted by Gasteiger charge is 2.28. The van der Waals surface area contributed by atoms with Crippen LogP contribution in [0, 0.1) is 13.8 Å². The Morgan fingerprint density at radius 1 is 0.718 bits per heavy atom. The third-order valence-electron chi connectivity index (χ3n) is 9.29. The maximum absolute atomic E-state index is 2.56. The van der Waals surface area contributed by atoms with Crippen LogP contribution in [-0.4, -0.2) is 4.57 Å². The summed E-state index contributed by atoms with van der Waals surface area (Å²) in [7, 11) is 2.25. The first-order valence-corrected chi connectivity index (χ1v) is 14.9. The smallest absolute Gasteiger partial charge is 0.0491 e. The quantitative estimate of drug-likeness (QED) is 0.194. The van der Waals surface area contributed by atoms with Crippen LogP contribution in [0.5, 0.6) is 0 Å². The summed E-state index contributed by atoms with van der Waals surface area (Å²) in [4.78, 5) is 0. The SMILES string of the molecule is CCCC(C)c1cc2c(cc1C(CC)c1ccccc1)c1cc(C(C)(C)c3ccccc3C)c(C)cc1n2C. The Labute approximate surface area is 235 Å². The Balaban J connectivity index is 1.80. The Morgan fingerprint density at radius 2 is 1.36 bits per heavy atom. The van der Waals surface area contributed by atoms with Crippen molar-refractivity contribution in [3.8, 4) is 0 Å². The second-order valence-corrected chi connectivity index (χ2v) is 12.2. The van der Waals surface area contributed by atoms with Gasteiger partial charge < -0.3 is 4.57 Å². The van der Waals surface area contributed by atoms with Crippen LogP contribution in [0.3, 0.4) is 0 Å². The molecule has 2 unspecified atom stereocenters. The highest BCUT2D eigenvalue weighted by molar-refractivity contribution is 6.09. The molecule has 0 aliphatic heterocycles. The van der Waals surface area contributed by atoms with Crippen molar-refractivity contribution in [1.82, 2.24) is 4.57 Å². The van der Waals surface area contributed by atoms with E-state index in [9.17, 15) is 0 Å². The minimum absolute atomic E-state index is 0.0832. The molecule has 0 aliphatic rings. The van der Waals surface area contributed by atoms with Gasteiger partial charge in [-0.1, -0.05) is 95.6 Å². The third kappa shape index (κ3) is 4.71. The van der Waals surface area contributed by atoms with Gasteiger partial charge in [0.1, 0.15) is 0 Å². The second-order valence-electron chi connectivity index (χ2n) is 12.2. The first kappa shape index (κ1) is 27.3. The Kier molecular flexibility index (Phi) is 7.47. The van der Waals surface area contributed by atoms with Crippen molar-refractivity contribution in [2.45, 2.75) is 85.0 Å². The van der Waals surface area contributed by atoms with Gasteiger partial charge in [-0.15, -0.1) is 0 Å². The molecular weight excluding hydrogens is 470 g/mol. The molecule has 202 valence electrons. The summed E-state index contributed by atoms with van der Waals surface area (Å²) < 4.78 is 2.43. The van der Waals surface area contributed by atoms with Gasteiger partial charge in [-0.3, -0.25) is 0 Å². The van der Waals surface area contributed by atoms with Gasteiger partial charge in [0.15, 0.2) is 0 Å². The fourth-order valence-electron chi connectivity index (χ4n) is 7.16. The van der Waals surface area contributed by atoms with Crippen LogP contribution in [0.4, 0.5) is 0 Å². The predicted molar refractivity (Wildman–Crippen MR) is 170 cm³/mol. The molecule has 1 aromatic heterocycles. The molecule has 4 aromatic carbocycles. The van der Waals surface area contributed by atoms with Crippen LogP contribution in [0.15, 0.2) is 78.9 Å². The molecule has 0 bridgehead atoms. The van der Waals surface area contributed by atoms with E-state index in [4.69, 9.17) is 0 Å². The van der Waals surface area contributed by atoms with Crippen molar-refractivity contribution in [3.63, 3.8) is 0 Å². The summed E-state index contributed by atoms with van der Waals surface area (Å²) in [5.74, 6) is 0.927. The molecule has 0 saturated heterocycles. The van der Waals surface area contributed by atoms with Crippen LogP contribution < -0.4 is 0 Å². The van der Waals surface area contributed by atoms with E-state index in [0.717, 1.165) is 6.42 Å². The van der Waals surface area contributed by atoms with Crippen molar-refractivity contribution < 1.29 is 0 Å². The van der Waals surface area contributed by atoms with E-state index in [-0.39, 0.29) is 5.41 Å². The van der Waals surface area contributed by atoms with Gasteiger partial charge in [0.2, 0.25) is 0 Å². The van der Waals surface area contributed by atoms with Crippen molar-refractivity contribution in [2.24, 2.45) is 7.05 Å². The van der Waals surface area contributed by atoms with Crippen molar-refractivity contribution >= 4 is 21.8 Å². The van der Waals surface area contributed by atoms with E-state index < -0.39 is 0 Å². The van der Waals surface area contributed by atoms with E-state index >= 15 is 0 Å². The van der Waals surface area contributed by atoms with E-state index in [2.05, 4.69) is 139 Å². The van der Waals surface area contributed by atoms with Gasteiger partial charge in [-0.25, -0.2) is 0 Å². The third-order valence-corrected chi connectivity index (χ3v) is 9.29. The van der Waals surface area contributed by atoms with Gasteiger partial charge in [-0.05, 0) is 95.8 Å². The van der Waals surface area contributed by atoms with Crippen LogP contribution in [-0.2, 0) is 12.5 Å². The Bertz CT molecular complexity index is 1620. The molecule has 39 heavy (non-hydrogen) atoms. The number of fused-ring (bicyclic) bond motifs is 3. The van der Waals surface area contributed by atoms with Crippen molar-refractivity contribution in [3.05, 3.63) is 118 Å². The average molecular weight is 516 g/mol. The van der Waals surface area contributed by atoms with Crippen molar-refractivity contribution in [2.75, 3.05) is 0 Å². The lowest BCUT2D eigenvalue weighted by atomic mass is 9.74. The molecule has 5 aromatic rings. The van der Waals surface area contributed by atoms with E-state index in [0.29, 0.717) is 11.8 Å². The van der Waals surface area contributed by atoms with Gasteiger partial charge >= 0.3 is 0 Å².